The standard InChI is InChI=1S/C31H38ClN7O2Si/c1-22-35-25-8-7-24(17-28(25)39(22)21-40-15-16-42(2,3)4)41-29-10-9-26-31(30(29)32)36-27(19-33-26)23-18-34-38(20-23)14-13-37-11-5-6-12-37/h7-10,17-20H,5-6,11-16,21H2,1-4H3. The Morgan fingerprint density at radius 2 is 1.79 bits per heavy atom. The van der Waals surface area contributed by atoms with Gasteiger partial charge in [0.05, 0.1) is 41.2 Å². The van der Waals surface area contributed by atoms with Gasteiger partial charge in [0, 0.05) is 39.1 Å². The molecule has 0 saturated carbocycles. The summed E-state index contributed by atoms with van der Waals surface area (Å²) >= 11 is 6.87. The molecule has 4 heterocycles. The van der Waals surface area contributed by atoms with Crippen molar-refractivity contribution in [2.45, 2.75) is 58.7 Å². The molecule has 0 N–H and O–H groups in total. The molecule has 0 unspecified atom stereocenters. The van der Waals surface area contributed by atoms with E-state index in [1.54, 1.807) is 6.20 Å². The van der Waals surface area contributed by atoms with Crippen LogP contribution in [0.3, 0.4) is 0 Å². The van der Waals surface area contributed by atoms with E-state index in [-0.39, 0.29) is 0 Å². The van der Waals surface area contributed by atoms with E-state index in [0.29, 0.717) is 34.3 Å². The van der Waals surface area contributed by atoms with Crippen molar-refractivity contribution in [1.29, 1.82) is 0 Å². The molecule has 1 fully saturated rings. The average molecular weight is 604 g/mol. The highest BCUT2D eigenvalue weighted by Gasteiger charge is 2.16. The Balaban J connectivity index is 1.20. The second-order valence-electron chi connectivity index (χ2n) is 12.2. The number of halogens is 1. The first kappa shape index (κ1) is 28.8. The summed E-state index contributed by atoms with van der Waals surface area (Å²) in [7, 11) is -1.15. The minimum atomic E-state index is -1.15. The number of nitrogens with zero attached hydrogens (tertiary/aromatic N) is 7. The Kier molecular flexibility index (Phi) is 8.31. The summed E-state index contributed by atoms with van der Waals surface area (Å²) < 4.78 is 16.4. The van der Waals surface area contributed by atoms with E-state index < -0.39 is 8.07 Å². The lowest BCUT2D eigenvalue weighted by atomic mass is 10.2. The Bertz CT molecular complexity index is 1710. The smallest absolute Gasteiger partial charge is 0.148 e. The number of hydrogen-bond donors (Lipinski definition) is 0. The number of likely N-dealkylation sites (tertiary alicyclic amines) is 1. The SMILES string of the molecule is Cc1nc2ccc(Oc3ccc4ncc(-c5cnn(CCN6CCCC6)c5)nc4c3Cl)cc2n1COCC[Si](C)(C)C. The van der Waals surface area contributed by atoms with Crippen LogP contribution in [-0.2, 0) is 18.0 Å². The number of aromatic nitrogens is 6. The number of aryl methyl sites for hydroxylation is 1. The molecule has 6 rings (SSSR count). The summed E-state index contributed by atoms with van der Waals surface area (Å²) in [5.41, 5.74) is 4.79. The molecule has 2 aromatic carbocycles. The molecule has 11 heteroatoms. The molecule has 0 spiro atoms. The van der Waals surface area contributed by atoms with Gasteiger partial charge in [0.25, 0.3) is 0 Å². The van der Waals surface area contributed by atoms with Gasteiger partial charge >= 0.3 is 0 Å². The second kappa shape index (κ2) is 12.1. The van der Waals surface area contributed by atoms with Crippen LogP contribution < -0.4 is 4.74 Å². The first-order chi connectivity index (χ1) is 20.2. The van der Waals surface area contributed by atoms with Gasteiger partial charge in [-0.15, -0.1) is 0 Å². The van der Waals surface area contributed by atoms with Crippen molar-refractivity contribution in [3.8, 4) is 22.8 Å². The molecule has 0 bridgehead atoms. The minimum Gasteiger partial charge on any atom is -0.456 e. The van der Waals surface area contributed by atoms with Gasteiger partial charge in [-0.25, -0.2) is 9.97 Å². The summed E-state index contributed by atoms with van der Waals surface area (Å²) in [5.74, 6) is 2.09. The summed E-state index contributed by atoms with van der Waals surface area (Å²) in [5, 5.41) is 4.97. The minimum absolute atomic E-state index is 0.419. The molecule has 5 aromatic rings. The Morgan fingerprint density at radius 1 is 0.976 bits per heavy atom. The highest BCUT2D eigenvalue weighted by Crippen LogP contribution is 2.36. The van der Waals surface area contributed by atoms with Crippen molar-refractivity contribution in [3.63, 3.8) is 0 Å². The zero-order valence-electron chi connectivity index (χ0n) is 24.8. The first-order valence-corrected chi connectivity index (χ1v) is 18.7. The molecule has 0 atom stereocenters. The van der Waals surface area contributed by atoms with E-state index >= 15 is 0 Å². The van der Waals surface area contributed by atoms with E-state index in [4.69, 9.17) is 31.0 Å². The number of hydrogen-bond acceptors (Lipinski definition) is 7. The summed E-state index contributed by atoms with van der Waals surface area (Å²) in [6.07, 6.45) is 8.20. The van der Waals surface area contributed by atoms with E-state index in [1.807, 2.05) is 54.3 Å². The lowest BCUT2D eigenvalue weighted by molar-refractivity contribution is 0.0885. The maximum atomic E-state index is 6.87. The molecule has 1 saturated heterocycles. The van der Waals surface area contributed by atoms with Crippen LogP contribution in [0.15, 0.2) is 48.9 Å². The van der Waals surface area contributed by atoms with Crippen LogP contribution in [0.25, 0.3) is 33.3 Å². The quantitative estimate of drug-likeness (QED) is 0.119. The topological polar surface area (TPSA) is 83.1 Å². The van der Waals surface area contributed by atoms with Crippen molar-refractivity contribution >= 4 is 41.7 Å². The van der Waals surface area contributed by atoms with Crippen molar-refractivity contribution < 1.29 is 9.47 Å². The van der Waals surface area contributed by atoms with Gasteiger partial charge in [-0.2, -0.15) is 5.10 Å². The summed E-state index contributed by atoms with van der Waals surface area (Å²) in [6.45, 7) is 14.5. The fraction of sp³-hybridized carbons (Fsp3) is 0.419. The molecule has 42 heavy (non-hydrogen) atoms. The second-order valence-corrected chi connectivity index (χ2v) is 18.2. The van der Waals surface area contributed by atoms with Crippen LogP contribution in [-0.4, -0.2) is 68.5 Å². The van der Waals surface area contributed by atoms with Gasteiger partial charge in [-0.05, 0) is 63.2 Å². The Morgan fingerprint density at radius 3 is 2.60 bits per heavy atom. The molecule has 0 amide bonds. The lowest BCUT2D eigenvalue weighted by Crippen LogP contribution is -2.24. The van der Waals surface area contributed by atoms with Gasteiger partial charge in [0.1, 0.15) is 34.6 Å². The summed E-state index contributed by atoms with van der Waals surface area (Å²) in [4.78, 5) is 16.7. The van der Waals surface area contributed by atoms with E-state index in [2.05, 4.69) is 39.2 Å². The molecule has 1 aliphatic rings. The van der Waals surface area contributed by atoms with E-state index in [1.165, 1.54) is 25.9 Å². The highest BCUT2D eigenvalue weighted by molar-refractivity contribution is 6.76. The van der Waals surface area contributed by atoms with Crippen LogP contribution in [0.4, 0.5) is 0 Å². The predicted octanol–water partition coefficient (Wildman–Crippen LogP) is 7.01. The number of fused-ring (bicyclic) bond motifs is 2. The van der Waals surface area contributed by atoms with Crippen molar-refractivity contribution in [1.82, 2.24) is 34.2 Å². The van der Waals surface area contributed by atoms with Gasteiger partial charge in [-0.3, -0.25) is 9.67 Å². The highest BCUT2D eigenvalue weighted by atomic mass is 35.5. The van der Waals surface area contributed by atoms with E-state index in [9.17, 15) is 0 Å². The lowest BCUT2D eigenvalue weighted by Gasteiger charge is -2.16. The average Bonchev–Trinajstić information content (AvgIpc) is 3.72. The van der Waals surface area contributed by atoms with Gasteiger partial charge in [0.2, 0.25) is 0 Å². The third kappa shape index (κ3) is 6.51. The molecule has 0 aliphatic carbocycles. The number of benzene rings is 2. The molecule has 0 radical (unpaired) electrons. The zero-order valence-corrected chi connectivity index (χ0v) is 26.6. The predicted molar refractivity (Wildman–Crippen MR) is 170 cm³/mol. The zero-order chi connectivity index (χ0) is 29.3. The van der Waals surface area contributed by atoms with Gasteiger partial charge < -0.3 is 18.9 Å². The van der Waals surface area contributed by atoms with Gasteiger partial charge in [-0.1, -0.05) is 31.2 Å². The van der Waals surface area contributed by atoms with Crippen molar-refractivity contribution in [2.75, 3.05) is 26.2 Å². The summed E-state index contributed by atoms with van der Waals surface area (Å²) in [6, 6.07) is 10.7. The molecule has 3 aromatic heterocycles. The van der Waals surface area contributed by atoms with Gasteiger partial charge in [0.15, 0.2) is 0 Å². The third-order valence-corrected chi connectivity index (χ3v) is 9.82. The van der Waals surface area contributed by atoms with Crippen molar-refractivity contribution in [3.05, 3.63) is 59.8 Å². The van der Waals surface area contributed by atoms with Crippen LogP contribution >= 0.6 is 11.6 Å². The molecule has 220 valence electrons. The first-order valence-electron chi connectivity index (χ1n) is 14.7. The number of rotatable bonds is 11. The van der Waals surface area contributed by atoms with Crippen LogP contribution in [0.5, 0.6) is 11.5 Å². The van der Waals surface area contributed by atoms with Crippen LogP contribution in [0.2, 0.25) is 30.7 Å². The monoisotopic (exact) mass is 603 g/mol. The van der Waals surface area contributed by atoms with Crippen molar-refractivity contribution in [2.24, 2.45) is 0 Å². The normalized spacial score (nSPS) is 14.4. The fourth-order valence-electron chi connectivity index (χ4n) is 5.22. The van der Waals surface area contributed by atoms with Crippen LogP contribution in [0, 0.1) is 6.92 Å². The fourth-order valence-corrected chi connectivity index (χ4v) is 6.22. The molecule has 1 aliphatic heterocycles. The Labute approximate surface area is 252 Å². The number of imidazole rings is 1. The third-order valence-electron chi connectivity index (χ3n) is 7.75. The number of ether oxygens (including phenoxy) is 2. The molecular weight excluding hydrogens is 566 g/mol. The molecule has 9 nitrogen and oxygen atoms in total. The Hall–Kier alpha value is -3.31. The largest absolute Gasteiger partial charge is 0.456 e. The van der Waals surface area contributed by atoms with E-state index in [0.717, 1.165) is 53.9 Å². The molecular formula is C31H38ClN7O2Si. The maximum Gasteiger partial charge on any atom is 0.148 e. The van der Waals surface area contributed by atoms with Crippen LogP contribution in [0.1, 0.15) is 18.7 Å². The maximum absolute atomic E-state index is 6.87.